The smallest absolute Gasteiger partial charge is 0.131 e. The maximum Gasteiger partial charge on any atom is 0.131 e. The largest absolute Gasteiger partial charge is 0.378 e. The summed E-state index contributed by atoms with van der Waals surface area (Å²) in [7, 11) is 1.88. The predicted octanol–water partition coefficient (Wildman–Crippen LogP) is 2.30. The molecule has 1 atom stereocenters. The minimum absolute atomic E-state index is 0.197. The molecule has 22 heavy (non-hydrogen) atoms. The fourth-order valence-electron chi connectivity index (χ4n) is 3.20. The second-order valence-corrected chi connectivity index (χ2v) is 6.25. The van der Waals surface area contributed by atoms with E-state index in [9.17, 15) is 0 Å². The zero-order chi connectivity index (χ0) is 15.9. The summed E-state index contributed by atoms with van der Waals surface area (Å²) in [6, 6.07) is 0.197. The molecule has 120 valence electrons. The Balaban J connectivity index is 1.90. The van der Waals surface area contributed by atoms with Gasteiger partial charge in [0.1, 0.15) is 5.15 Å². The zero-order valence-electron chi connectivity index (χ0n) is 13.5. The number of H-pyrrole nitrogens is 1. The van der Waals surface area contributed by atoms with Crippen LogP contribution in [0.25, 0.3) is 0 Å². The second-order valence-electron chi connectivity index (χ2n) is 5.89. The van der Waals surface area contributed by atoms with Crippen molar-refractivity contribution in [2.75, 3.05) is 19.8 Å². The summed E-state index contributed by atoms with van der Waals surface area (Å²) in [5, 5.41) is 12.5. The SMILES string of the molecule is Cc1nn(C)c(Cl)c1CN1CCOCC1c1c(C)n[nH]c1C. The van der Waals surface area contributed by atoms with Crippen molar-refractivity contribution in [3.63, 3.8) is 0 Å². The fraction of sp³-hybridized carbons (Fsp3) is 0.600. The lowest BCUT2D eigenvalue weighted by atomic mass is 10.0. The Morgan fingerprint density at radius 2 is 2.09 bits per heavy atom. The summed E-state index contributed by atoms with van der Waals surface area (Å²) in [5.74, 6) is 0. The molecule has 1 aliphatic heterocycles. The molecule has 1 N–H and O–H groups in total. The van der Waals surface area contributed by atoms with Gasteiger partial charge in [0.2, 0.25) is 0 Å². The number of halogens is 1. The third kappa shape index (κ3) is 2.66. The molecule has 1 unspecified atom stereocenters. The van der Waals surface area contributed by atoms with Crippen molar-refractivity contribution in [3.05, 3.63) is 33.4 Å². The summed E-state index contributed by atoms with van der Waals surface area (Å²) < 4.78 is 7.44. The van der Waals surface area contributed by atoms with Crippen LogP contribution in [-0.4, -0.2) is 44.6 Å². The molecule has 1 aliphatic rings. The van der Waals surface area contributed by atoms with E-state index >= 15 is 0 Å². The van der Waals surface area contributed by atoms with Crippen molar-refractivity contribution in [2.45, 2.75) is 33.4 Å². The third-order valence-electron chi connectivity index (χ3n) is 4.39. The van der Waals surface area contributed by atoms with Crippen LogP contribution in [0.4, 0.5) is 0 Å². The van der Waals surface area contributed by atoms with Crippen molar-refractivity contribution in [1.29, 1.82) is 0 Å². The molecule has 2 aromatic heterocycles. The number of nitrogens with one attached hydrogen (secondary N) is 1. The number of ether oxygens (including phenoxy) is 1. The Kier molecular flexibility index (Phi) is 4.25. The zero-order valence-corrected chi connectivity index (χ0v) is 14.2. The normalized spacial score (nSPS) is 19.8. The molecule has 1 saturated heterocycles. The van der Waals surface area contributed by atoms with Gasteiger partial charge in [-0.1, -0.05) is 11.6 Å². The Bertz CT molecular complexity index is 658. The molecule has 6 nitrogen and oxygen atoms in total. The van der Waals surface area contributed by atoms with Gasteiger partial charge in [-0.3, -0.25) is 14.7 Å². The maximum atomic E-state index is 6.39. The van der Waals surface area contributed by atoms with E-state index in [1.807, 2.05) is 20.9 Å². The number of aromatic nitrogens is 4. The number of hydrogen-bond donors (Lipinski definition) is 1. The summed E-state index contributed by atoms with van der Waals surface area (Å²) in [6.07, 6.45) is 0. The van der Waals surface area contributed by atoms with Gasteiger partial charge in [-0.2, -0.15) is 10.2 Å². The van der Waals surface area contributed by atoms with E-state index < -0.39 is 0 Å². The lowest BCUT2D eigenvalue weighted by molar-refractivity contribution is -0.0132. The van der Waals surface area contributed by atoms with Gasteiger partial charge in [-0.05, 0) is 20.8 Å². The molecular formula is C15H22ClN5O. The minimum atomic E-state index is 0.197. The monoisotopic (exact) mass is 323 g/mol. The first-order chi connectivity index (χ1) is 10.5. The highest BCUT2D eigenvalue weighted by Gasteiger charge is 2.30. The number of aryl methyl sites for hydroxylation is 4. The van der Waals surface area contributed by atoms with Crippen LogP contribution >= 0.6 is 11.6 Å². The second kappa shape index (κ2) is 6.02. The van der Waals surface area contributed by atoms with Crippen molar-refractivity contribution < 1.29 is 4.74 Å². The summed E-state index contributed by atoms with van der Waals surface area (Å²) in [6.45, 7) is 9.17. The van der Waals surface area contributed by atoms with Gasteiger partial charge in [0, 0.05) is 37.0 Å². The summed E-state index contributed by atoms with van der Waals surface area (Å²) in [5.41, 5.74) is 5.45. The predicted molar refractivity (Wildman–Crippen MR) is 85.0 cm³/mol. The van der Waals surface area contributed by atoms with E-state index in [2.05, 4.69) is 27.1 Å². The van der Waals surface area contributed by atoms with Gasteiger partial charge in [0.25, 0.3) is 0 Å². The lowest BCUT2D eigenvalue weighted by Gasteiger charge is -2.36. The van der Waals surface area contributed by atoms with Crippen LogP contribution in [0.1, 0.15) is 34.3 Å². The Hall–Kier alpha value is -1.37. The molecule has 7 heteroatoms. The Morgan fingerprint density at radius 1 is 1.32 bits per heavy atom. The van der Waals surface area contributed by atoms with E-state index in [1.54, 1.807) is 4.68 Å². The quantitative estimate of drug-likeness (QED) is 0.941. The molecule has 2 aromatic rings. The van der Waals surface area contributed by atoms with Crippen LogP contribution in [0.5, 0.6) is 0 Å². The van der Waals surface area contributed by atoms with E-state index in [1.165, 1.54) is 5.56 Å². The van der Waals surface area contributed by atoms with Crippen LogP contribution in [-0.2, 0) is 18.3 Å². The number of morpholine rings is 1. The van der Waals surface area contributed by atoms with Gasteiger partial charge in [-0.25, -0.2) is 0 Å². The molecule has 3 rings (SSSR count). The highest BCUT2D eigenvalue weighted by molar-refractivity contribution is 6.30. The standard InChI is InChI=1S/C15H22ClN5O/c1-9-12(15(16)20(4)19-9)7-21-5-6-22-8-13(21)14-10(2)17-18-11(14)3/h13H,5-8H2,1-4H3,(H,17,18). The Labute approximate surface area is 135 Å². The summed E-state index contributed by atoms with van der Waals surface area (Å²) in [4.78, 5) is 2.41. The van der Waals surface area contributed by atoms with Gasteiger partial charge in [0.05, 0.1) is 30.6 Å². The van der Waals surface area contributed by atoms with Crippen LogP contribution in [0.2, 0.25) is 5.15 Å². The van der Waals surface area contributed by atoms with Crippen LogP contribution in [0, 0.1) is 20.8 Å². The average molecular weight is 324 g/mol. The average Bonchev–Trinajstić information content (AvgIpc) is 2.94. The van der Waals surface area contributed by atoms with E-state index in [0.717, 1.165) is 42.3 Å². The Morgan fingerprint density at radius 3 is 2.68 bits per heavy atom. The molecule has 0 aromatic carbocycles. The summed E-state index contributed by atoms with van der Waals surface area (Å²) >= 11 is 6.39. The molecule has 0 saturated carbocycles. The number of rotatable bonds is 3. The highest BCUT2D eigenvalue weighted by atomic mass is 35.5. The molecule has 0 aliphatic carbocycles. The lowest BCUT2D eigenvalue weighted by Crippen LogP contribution is -2.39. The molecule has 0 amide bonds. The molecule has 0 radical (unpaired) electrons. The van der Waals surface area contributed by atoms with Gasteiger partial charge in [-0.15, -0.1) is 0 Å². The van der Waals surface area contributed by atoms with Crippen LogP contribution < -0.4 is 0 Å². The first-order valence-corrected chi connectivity index (χ1v) is 7.88. The molecular weight excluding hydrogens is 302 g/mol. The molecule has 0 spiro atoms. The van der Waals surface area contributed by atoms with Gasteiger partial charge >= 0.3 is 0 Å². The van der Waals surface area contributed by atoms with Crippen molar-refractivity contribution in [3.8, 4) is 0 Å². The molecule has 0 bridgehead atoms. The highest BCUT2D eigenvalue weighted by Crippen LogP contribution is 2.31. The minimum Gasteiger partial charge on any atom is -0.378 e. The van der Waals surface area contributed by atoms with Gasteiger partial charge in [0.15, 0.2) is 0 Å². The van der Waals surface area contributed by atoms with Crippen LogP contribution in [0.3, 0.4) is 0 Å². The topological polar surface area (TPSA) is 59.0 Å². The molecule has 3 heterocycles. The van der Waals surface area contributed by atoms with Crippen LogP contribution in [0.15, 0.2) is 0 Å². The van der Waals surface area contributed by atoms with Crippen molar-refractivity contribution in [2.24, 2.45) is 7.05 Å². The number of hydrogen-bond acceptors (Lipinski definition) is 4. The van der Waals surface area contributed by atoms with Crippen molar-refractivity contribution in [1.82, 2.24) is 24.9 Å². The van der Waals surface area contributed by atoms with Crippen molar-refractivity contribution >= 4 is 11.6 Å². The fourth-order valence-corrected chi connectivity index (χ4v) is 3.43. The van der Waals surface area contributed by atoms with E-state index in [-0.39, 0.29) is 6.04 Å². The first-order valence-electron chi connectivity index (χ1n) is 7.50. The third-order valence-corrected chi connectivity index (χ3v) is 4.86. The first kappa shape index (κ1) is 15.5. The van der Waals surface area contributed by atoms with E-state index in [4.69, 9.17) is 16.3 Å². The number of nitrogens with zero attached hydrogens (tertiary/aromatic N) is 4. The number of aromatic amines is 1. The molecule has 1 fully saturated rings. The van der Waals surface area contributed by atoms with E-state index in [0.29, 0.717) is 11.8 Å². The van der Waals surface area contributed by atoms with Gasteiger partial charge < -0.3 is 4.74 Å². The maximum absolute atomic E-state index is 6.39.